The minimum absolute atomic E-state index is 0.0279. The zero-order chi connectivity index (χ0) is 24.3. The Bertz CT molecular complexity index is 1360. The molecule has 0 radical (unpaired) electrons. The third-order valence-corrected chi connectivity index (χ3v) is 6.30. The summed E-state index contributed by atoms with van der Waals surface area (Å²) in [5, 5.41) is 20.8. The Labute approximate surface area is 199 Å². The molecule has 1 aromatic heterocycles. The molecule has 5 heteroatoms. The van der Waals surface area contributed by atoms with Crippen molar-refractivity contribution in [1.82, 2.24) is 0 Å². The first-order valence-corrected chi connectivity index (χ1v) is 11.6. The van der Waals surface area contributed by atoms with Gasteiger partial charge in [-0.3, -0.25) is 0 Å². The SMILES string of the molecule is CC(C)=CCCC1(C)C=Cc2c(c3c(c4cc(-c5cc(O)cc(O)c5)oc24)C=CC(C)(C)O3)O1. The first-order valence-electron chi connectivity index (χ1n) is 11.6. The molecule has 2 aromatic carbocycles. The van der Waals surface area contributed by atoms with Crippen LogP contribution < -0.4 is 9.47 Å². The highest BCUT2D eigenvalue weighted by Gasteiger charge is 2.36. The van der Waals surface area contributed by atoms with Crippen LogP contribution in [0.1, 0.15) is 58.6 Å². The van der Waals surface area contributed by atoms with Gasteiger partial charge in [0.25, 0.3) is 0 Å². The number of hydrogen-bond donors (Lipinski definition) is 2. The van der Waals surface area contributed by atoms with Crippen LogP contribution >= 0.6 is 0 Å². The predicted molar refractivity (Wildman–Crippen MR) is 135 cm³/mol. The smallest absolute Gasteiger partial charge is 0.174 e. The molecule has 5 nitrogen and oxygen atoms in total. The Morgan fingerprint density at radius 2 is 1.56 bits per heavy atom. The number of benzene rings is 2. The van der Waals surface area contributed by atoms with Crippen LogP contribution in [0.3, 0.4) is 0 Å². The maximum Gasteiger partial charge on any atom is 0.174 e. The van der Waals surface area contributed by atoms with Crippen molar-refractivity contribution in [3.63, 3.8) is 0 Å². The fraction of sp³-hybridized carbons (Fsp3) is 0.310. The molecule has 3 aromatic rings. The average molecular weight is 459 g/mol. The van der Waals surface area contributed by atoms with E-state index in [2.05, 4.69) is 45.1 Å². The van der Waals surface area contributed by atoms with Crippen LogP contribution in [0.4, 0.5) is 0 Å². The maximum absolute atomic E-state index is 9.97. The summed E-state index contributed by atoms with van der Waals surface area (Å²) in [5.41, 5.74) is 3.35. The molecule has 0 fully saturated rings. The van der Waals surface area contributed by atoms with Gasteiger partial charge in [0.05, 0.1) is 5.56 Å². The molecule has 3 heterocycles. The largest absolute Gasteiger partial charge is 0.508 e. The number of furan rings is 1. The number of hydrogen-bond acceptors (Lipinski definition) is 5. The van der Waals surface area contributed by atoms with Crippen LogP contribution in [0.2, 0.25) is 0 Å². The van der Waals surface area contributed by atoms with Gasteiger partial charge in [0.15, 0.2) is 11.5 Å². The first-order chi connectivity index (χ1) is 16.0. The second kappa shape index (κ2) is 7.73. The summed E-state index contributed by atoms with van der Waals surface area (Å²) in [4.78, 5) is 0. The molecule has 0 spiro atoms. The van der Waals surface area contributed by atoms with Crippen molar-refractivity contribution in [2.45, 2.75) is 58.7 Å². The summed E-state index contributed by atoms with van der Waals surface area (Å²) >= 11 is 0. The van der Waals surface area contributed by atoms with Crippen molar-refractivity contribution in [3.05, 3.63) is 59.2 Å². The zero-order valence-electron chi connectivity index (χ0n) is 20.2. The number of ether oxygens (including phenoxy) is 2. The Hall–Kier alpha value is -3.60. The predicted octanol–water partition coefficient (Wildman–Crippen LogP) is 7.61. The Kier molecular flexibility index (Phi) is 5.05. The molecule has 0 saturated heterocycles. The van der Waals surface area contributed by atoms with E-state index in [1.807, 2.05) is 26.0 Å². The number of rotatable bonds is 4. The average Bonchev–Trinajstić information content (AvgIpc) is 3.17. The van der Waals surface area contributed by atoms with Crippen molar-refractivity contribution >= 4 is 23.1 Å². The van der Waals surface area contributed by atoms with E-state index in [4.69, 9.17) is 13.9 Å². The number of allylic oxidation sites excluding steroid dienone is 2. The third-order valence-electron chi connectivity index (χ3n) is 6.30. The van der Waals surface area contributed by atoms with Gasteiger partial charge in [0, 0.05) is 22.6 Å². The Morgan fingerprint density at radius 1 is 0.882 bits per heavy atom. The van der Waals surface area contributed by atoms with E-state index in [9.17, 15) is 10.2 Å². The van der Waals surface area contributed by atoms with Gasteiger partial charge in [-0.2, -0.15) is 0 Å². The van der Waals surface area contributed by atoms with Gasteiger partial charge in [-0.1, -0.05) is 17.7 Å². The van der Waals surface area contributed by atoms with Crippen molar-refractivity contribution in [3.8, 4) is 34.3 Å². The molecule has 0 saturated carbocycles. The summed E-state index contributed by atoms with van der Waals surface area (Å²) in [6.07, 6.45) is 12.2. The van der Waals surface area contributed by atoms with Crippen LogP contribution in [0.5, 0.6) is 23.0 Å². The topological polar surface area (TPSA) is 72.1 Å². The van der Waals surface area contributed by atoms with E-state index >= 15 is 0 Å². The van der Waals surface area contributed by atoms with E-state index in [0.717, 1.165) is 29.4 Å². The third kappa shape index (κ3) is 3.96. The van der Waals surface area contributed by atoms with Crippen molar-refractivity contribution < 1.29 is 24.1 Å². The lowest BCUT2D eigenvalue weighted by Crippen LogP contribution is -2.34. The normalized spacial score (nSPS) is 19.8. The highest BCUT2D eigenvalue weighted by atomic mass is 16.5. The van der Waals surface area contributed by atoms with Crippen molar-refractivity contribution in [2.24, 2.45) is 0 Å². The Morgan fingerprint density at radius 3 is 2.26 bits per heavy atom. The molecule has 0 bridgehead atoms. The van der Waals surface area contributed by atoms with Gasteiger partial charge in [-0.05, 0) is 83.9 Å². The van der Waals surface area contributed by atoms with Gasteiger partial charge >= 0.3 is 0 Å². The van der Waals surface area contributed by atoms with E-state index in [0.29, 0.717) is 28.4 Å². The molecule has 2 aliphatic heterocycles. The lowest BCUT2D eigenvalue weighted by Gasteiger charge is -2.36. The quantitative estimate of drug-likeness (QED) is 0.394. The molecule has 1 unspecified atom stereocenters. The van der Waals surface area contributed by atoms with Crippen LogP contribution in [0.15, 0.2) is 52.5 Å². The summed E-state index contributed by atoms with van der Waals surface area (Å²) in [6.45, 7) is 10.3. The van der Waals surface area contributed by atoms with Crippen LogP contribution in [0, 0.1) is 0 Å². The van der Waals surface area contributed by atoms with Gasteiger partial charge in [0.2, 0.25) is 0 Å². The molecular weight excluding hydrogens is 428 g/mol. The van der Waals surface area contributed by atoms with E-state index < -0.39 is 11.2 Å². The van der Waals surface area contributed by atoms with Gasteiger partial charge in [0.1, 0.15) is 34.0 Å². The molecule has 34 heavy (non-hydrogen) atoms. The second-order valence-corrected chi connectivity index (χ2v) is 10.2. The first kappa shape index (κ1) is 22.2. The zero-order valence-corrected chi connectivity index (χ0v) is 20.2. The summed E-state index contributed by atoms with van der Waals surface area (Å²) < 4.78 is 19.4. The number of phenolic OH excluding ortho intramolecular Hbond substituents is 2. The van der Waals surface area contributed by atoms with Crippen molar-refractivity contribution in [1.29, 1.82) is 0 Å². The molecular formula is C29H30O5. The molecule has 5 rings (SSSR count). The summed E-state index contributed by atoms with van der Waals surface area (Å²) in [6, 6.07) is 6.35. The molecule has 1 atom stereocenters. The van der Waals surface area contributed by atoms with Gasteiger partial charge < -0.3 is 24.1 Å². The molecule has 2 aliphatic rings. The summed E-state index contributed by atoms with van der Waals surface area (Å²) in [7, 11) is 0. The lowest BCUT2D eigenvalue weighted by molar-refractivity contribution is 0.105. The van der Waals surface area contributed by atoms with Crippen LogP contribution in [-0.4, -0.2) is 21.4 Å². The fourth-order valence-electron chi connectivity index (χ4n) is 4.55. The van der Waals surface area contributed by atoms with E-state index in [-0.39, 0.29) is 11.5 Å². The fourth-order valence-corrected chi connectivity index (χ4v) is 4.55. The maximum atomic E-state index is 9.97. The number of fused-ring (bicyclic) bond motifs is 6. The van der Waals surface area contributed by atoms with E-state index in [1.165, 1.54) is 11.6 Å². The van der Waals surface area contributed by atoms with Crippen LogP contribution in [-0.2, 0) is 0 Å². The highest BCUT2D eigenvalue weighted by molar-refractivity contribution is 6.01. The molecule has 0 amide bonds. The molecule has 0 aliphatic carbocycles. The van der Waals surface area contributed by atoms with Gasteiger partial charge in [-0.15, -0.1) is 0 Å². The number of phenols is 2. The lowest BCUT2D eigenvalue weighted by atomic mass is 9.91. The molecule has 2 N–H and O–H groups in total. The molecule has 176 valence electrons. The second-order valence-electron chi connectivity index (χ2n) is 10.2. The van der Waals surface area contributed by atoms with Crippen LogP contribution in [0.25, 0.3) is 34.4 Å². The minimum atomic E-state index is -0.471. The monoisotopic (exact) mass is 458 g/mol. The highest BCUT2D eigenvalue weighted by Crippen LogP contribution is 2.51. The van der Waals surface area contributed by atoms with Gasteiger partial charge in [-0.25, -0.2) is 0 Å². The van der Waals surface area contributed by atoms with Crippen molar-refractivity contribution in [2.75, 3.05) is 0 Å². The standard InChI is InChI=1S/C29H30O5/c1-17(2)7-6-10-29(5)12-9-22-25-23(16-24(32-25)18-13-19(30)15-20(31)14-18)21-8-11-28(3,4)33-26(21)27(22)34-29/h7-9,11-16,30-31H,6,10H2,1-5H3. The number of aromatic hydroxyl groups is 2. The Balaban J connectivity index is 1.68. The summed E-state index contributed by atoms with van der Waals surface area (Å²) in [5.74, 6) is 1.88. The minimum Gasteiger partial charge on any atom is -0.508 e. The van der Waals surface area contributed by atoms with E-state index in [1.54, 1.807) is 12.1 Å².